The number of hydrogen-bond acceptors (Lipinski definition) is 4. The summed E-state index contributed by atoms with van der Waals surface area (Å²) in [6, 6.07) is 13.8. The molecule has 1 heterocycles. The van der Waals surface area contributed by atoms with E-state index in [-0.39, 0.29) is 23.0 Å². The second-order valence-corrected chi connectivity index (χ2v) is 9.01. The highest BCUT2D eigenvalue weighted by Crippen LogP contribution is 2.23. The maximum absolute atomic E-state index is 13.1. The number of carbonyl (C=O) groups is 1. The van der Waals surface area contributed by atoms with E-state index < -0.39 is 10.0 Å². The molecule has 1 amide bonds. The van der Waals surface area contributed by atoms with Crippen LogP contribution >= 0.6 is 0 Å². The van der Waals surface area contributed by atoms with E-state index in [2.05, 4.69) is 5.32 Å². The first-order chi connectivity index (χ1) is 13.3. The third kappa shape index (κ3) is 4.43. The number of rotatable bonds is 5. The third-order valence-corrected chi connectivity index (χ3v) is 6.59. The molecule has 0 aliphatic carbocycles. The van der Waals surface area contributed by atoms with Gasteiger partial charge < -0.3 is 10.1 Å². The van der Waals surface area contributed by atoms with Crippen LogP contribution in [0.5, 0.6) is 0 Å². The summed E-state index contributed by atoms with van der Waals surface area (Å²) in [6.45, 7) is 6.32. The number of ether oxygens (including phenoxy) is 1. The molecule has 0 saturated carbocycles. The Balaban J connectivity index is 1.84. The van der Waals surface area contributed by atoms with Crippen LogP contribution in [0.1, 0.15) is 36.7 Å². The van der Waals surface area contributed by atoms with Gasteiger partial charge >= 0.3 is 0 Å². The topological polar surface area (TPSA) is 75.7 Å². The fourth-order valence-electron chi connectivity index (χ4n) is 3.42. The van der Waals surface area contributed by atoms with Crippen molar-refractivity contribution in [2.24, 2.45) is 0 Å². The largest absolute Gasteiger partial charge is 0.373 e. The Morgan fingerprint density at radius 1 is 1.11 bits per heavy atom. The zero-order chi connectivity index (χ0) is 20.3. The highest BCUT2D eigenvalue weighted by atomic mass is 32.2. The molecule has 6 nitrogen and oxygen atoms in total. The maximum Gasteiger partial charge on any atom is 0.255 e. The average molecular weight is 403 g/mol. The number of nitrogens with zero attached hydrogens (tertiary/aromatic N) is 1. The first-order valence-corrected chi connectivity index (χ1v) is 10.9. The minimum absolute atomic E-state index is 0.116. The van der Waals surface area contributed by atoms with Crippen molar-refractivity contribution in [2.45, 2.75) is 44.3 Å². The molecule has 0 bridgehead atoms. The summed E-state index contributed by atoms with van der Waals surface area (Å²) in [6.07, 6.45) is 0.448. The van der Waals surface area contributed by atoms with Gasteiger partial charge in [0.15, 0.2) is 0 Å². The summed E-state index contributed by atoms with van der Waals surface area (Å²) in [7, 11) is -3.70. The molecule has 2 atom stereocenters. The SMILES string of the molecule is CCc1ccccc1NC(=O)c1cccc(S(=O)(=O)N2C[C@@H](C)O[C@@H](C)C2)c1. The van der Waals surface area contributed by atoms with E-state index in [1.165, 1.54) is 16.4 Å². The Morgan fingerprint density at radius 3 is 2.46 bits per heavy atom. The van der Waals surface area contributed by atoms with Crippen molar-refractivity contribution < 1.29 is 17.9 Å². The normalized spacial score (nSPS) is 20.7. The summed E-state index contributed by atoms with van der Waals surface area (Å²) in [5.41, 5.74) is 2.07. The molecule has 150 valence electrons. The zero-order valence-electron chi connectivity index (χ0n) is 16.4. The second-order valence-electron chi connectivity index (χ2n) is 7.07. The Labute approximate surface area is 166 Å². The lowest BCUT2D eigenvalue weighted by Crippen LogP contribution is -2.48. The number of morpholine rings is 1. The number of amides is 1. The standard InChI is InChI=1S/C21H26N2O4S/c1-4-17-8-5-6-11-20(17)22-21(24)18-9-7-10-19(12-18)28(25,26)23-13-15(2)27-16(3)14-23/h5-12,15-16H,4,13-14H2,1-3H3,(H,22,24)/t15-,16+. The van der Waals surface area contributed by atoms with Crippen LogP contribution in [0, 0.1) is 0 Å². The predicted molar refractivity (Wildman–Crippen MR) is 109 cm³/mol. The van der Waals surface area contributed by atoms with E-state index in [4.69, 9.17) is 4.74 Å². The molecule has 7 heteroatoms. The fourth-order valence-corrected chi connectivity index (χ4v) is 5.06. The Kier molecular flexibility index (Phi) is 6.17. The molecule has 1 saturated heterocycles. The van der Waals surface area contributed by atoms with Crippen molar-refractivity contribution in [3.63, 3.8) is 0 Å². The highest BCUT2D eigenvalue weighted by molar-refractivity contribution is 7.89. The van der Waals surface area contributed by atoms with E-state index in [1.807, 2.05) is 45.0 Å². The molecule has 2 aromatic rings. The lowest BCUT2D eigenvalue weighted by atomic mass is 10.1. The van der Waals surface area contributed by atoms with Crippen LogP contribution in [0.3, 0.4) is 0 Å². The Hall–Kier alpha value is -2.22. The highest BCUT2D eigenvalue weighted by Gasteiger charge is 2.32. The number of anilines is 1. The molecular weight excluding hydrogens is 376 g/mol. The minimum atomic E-state index is -3.70. The van der Waals surface area contributed by atoms with E-state index in [0.717, 1.165) is 17.7 Å². The summed E-state index contributed by atoms with van der Waals surface area (Å²) in [4.78, 5) is 12.8. The predicted octanol–water partition coefficient (Wildman–Crippen LogP) is 3.30. The van der Waals surface area contributed by atoms with Crippen LogP contribution in [0.15, 0.2) is 53.4 Å². The lowest BCUT2D eigenvalue weighted by molar-refractivity contribution is -0.0440. The molecule has 1 aliphatic rings. The van der Waals surface area contributed by atoms with Crippen LogP contribution in [0.25, 0.3) is 0 Å². The molecule has 0 radical (unpaired) electrons. The first kappa shape index (κ1) is 20.5. The van der Waals surface area contributed by atoms with Crippen LogP contribution in [-0.4, -0.2) is 43.9 Å². The van der Waals surface area contributed by atoms with Crippen LogP contribution in [0.4, 0.5) is 5.69 Å². The third-order valence-electron chi connectivity index (χ3n) is 4.77. The van der Waals surface area contributed by atoms with Gasteiger partial charge in [0.1, 0.15) is 0 Å². The molecule has 3 rings (SSSR count). The minimum Gasteiger partial charge on any atom is -0.373 e. The van der Waals surface area contributed by atoms with Crippen molar-refractivity contribution in [2.75, 3.05) is 18.4 Å². The van der Waals surface area contributed by atoms with Gasteiger partial charge in [0, 0.05) is 24.3 Å². The lowest BCUT2D eigenvalue weighted by Gasteiger charge is -2.34. The van der Waals surface area contributed by atoms with Crippen molar-refractivity contribution in [3.8, 4) is 0 Å². The summed E-state index contributed by atoms with van der Waals surface area (Å²) < 4.78 is 33.2. The van der Waals surface area contributed by atoms with E-state index in [1.54, 1.807) is 12.1 Å². The molecular formula is C21H26N2O4S. The summed E-state index contributed by atoms with van der Waals surface area (Å²) in [5.74, 6) is -0.332. The molecule has 2 aromatic carbocycles. The quantitative estimate of drug-likeness (QED) is 0.833. The molecule has 1 N–H and O–H groups in total. The molecule has 0 aromatic heterocycles. The van der Waals surface area contributed by atoms with E-state index >= 15 is 0 Å². The number of para-hydroxylation sites is 1. The summed E-state index contributed by atoms with van der Waals surface area (Å²) >= 11 is 0. The van der Waals surface area contributed by atoms with Gasteiger partial charge in [-0.1, -0.05) is 31.2 Å². The molecule has 1 fully saturated rings. The van der Waals surface area contributed by atoms with Gasteiger partial charge in [-0.15, -0.1) is 0 Å². The second kappa shape index (κ2) is 8.43. The van der Waals surface area contributed by atoms with Crippen molar-refractivity contribution in [3.05, 3.63) is 59.7 Å². The van der Waals surface area contributed by atoms with E-state index in [9.17, 15) is 13.2 Å². The number of sulfonamides is 1. The fraction of sp³-hybridized carbons (Fsp3) is 0.381. The molecule has 1 aliphatic heterocycles. The monoisotopic (exact) mass is 402 g/mol. The molecule has 0 unspecified atom stereocenters. The van der Waals surface area contributed by atoms with Crippen LogP contribution in [-0.2, 0) is 21.2 Å². The van der Waals surface area contributed by atoms with Gasteiger partial charge in [-0.05, 0) is 50.1 Å². The maximum atomic E-state index is 13.1. The number of aryl methyl sites for hydroxylation is 1. The van der Waals surface area contributed by atoms with Crippen molar-refractivity contribution in [1.29, 1.82) is 0 Å². The number of hydrogen-bond donors (Lipinski definition) is 1. The molecule has 28 heavy (non-hydrogen) atoms. The number of nitrogens with one attached hydrogen (secondary N) is 1. The van der Waals surface area contributed by atoms with Gasteiger partial charge in [-0.2, -0.15) is 4.31 Å². The van der Waals surface area contributed by atoms with Gasteiger partial charge in [-0.3, -0.25) is 4.79 Å². The van der Waals surface area contributed by atoms with Gasteiger partial charge in [0.2, 0.25) is 10.0 Å². The Morgan fingerprint density at radius 2 is 1.79 bits per heavy atom. The van der Waals surface area contributed by atoms with E-state index in [0.29, 0.717) is 18.7 Å². The number of benzene rings is 2. The van der Waals surface area contributed by atoms with Crippen LogP contribution in [0.2, 0.25) is 0 Å². The van der Waals surface area contributed by atoms with Gasteiger partial charge in [-0.25, -0.2) is 8.42 Å². The molecule has 0 spiro atoms. The first-order valence-electron chi connectivity index (χ1n) is 9.46. The Bertz CT molecular complexity index is 948. The smallest absolute Gasteiger partial charge is 0.255 e. The summed E-state index contributed by atoms with van der Waals surface area (Å²) in [5, 5.41) is 2.88. The van der Waals surface area contributed by atoms with Gasteiger partial charge in [0.25, 0.3) is 5.91 Å². The zero-order valence-corrected chi connectivity index (χ0v) is 17.2. The van der Waals surface area contributed by atoms with Crippen molar-refractivity contribution >= 4 is 21.6 Å². The van der Waals surface area contributed by atoms with Crippen LogP contribution < -0.4 is 5.32 Å². The van der Waals surface area contributed by atoms with Crippen molar-refractivity contribution in [1.82, 2.24) is 4.31 Å². The number of carbonyl (C=O) groups excluding carboxylic acids is 1. The van der Waals surface area contributed by atoms with Gasteiger partial charge in [0.05, 0.1) is 17.1 Å². The average Bonchev–Trinajstić information content (AvgIpc) is 2.67.